The third kappa shape index (κ3) is 4.64. The van der Waals surface area contributed by atoms with E-state index in [4.69, 9.17) is 15.0 Å². The molecule has 7 heteroatoms. The number of aromatic nitrogens is 7. The summed E-state index contributed by atoms with van der Waals surface area (Å²) in [7, 11) is 0. The Hall–Kier alpha value is -6.99. The van der Waals surface area contributed by atoms with E-state index in [0.717, 1.165) is 33.3 Å². The summed E-state index contributed by atoms with van der Waals surface area (Å²) >= 11 is 0. The predicted octanol–water partition coefficient (Wildman–Crippen LogP) is 10.1. The van der Waals surface area contributed by atoms with E-state index in [2.05, 4.69) is 129 Å². The van der Waals surface area contributed by atoms with Gasteiger partial charge in [-0.15, -0.1) is 0 Å². The number of rotatable bonds is 5. The van der Waals surface area contributed by atoms with Crippen molar-refractivity contribution in [1.82, 2.24) is 34.5 Å². The van der Waals surface area contributed by atoms with Crippen LogP contribution in [-0.2, 0) is 0 Å². The van der Waals surface area contributed by atoms with Gasteiger partial charge in [-0.1, -0.05) is 60.7 Å². The maximum Gasteiger partial charge on any atom is 0.182 e. The molecule has 5 heterocycles. The van der Waals surface area contributed by atoms with Gasteiger partial charge in [0.25, 0.3) is 0 Å². The van der Waals surface area contributed by atoms with E-state index in [1.165, 1.54) is 32.7 Å². The summed E-state index contributed by atoms with van der Waals surface area (Å²) in [5.74, 6) is 1.57. The van der Waals surface area contributed by atoms with E-state index < -0.39 is 0 Å². The van der Waals surface area contributed by atoms with Crippen LogP contribution in [0.5, 0.6) is 0 Å². The van der Waals surface area contributed by atoms with Gasteiger partial charge in [-0.2, -0.15) is 0 Å². The monoisotopic (exact) mass is 641 g/mol. The number of fused-ring (bicyclic) bond motifs is 6. The number of benzene rings is 5. The molecule has 7 nitrogen and oxygen atoms in total. The molecule has 0 radical (unpaired) electrons. The lowest BCUT2D eigenvalue weighted by molar-refractivity contribution is 1.04. The highest BCUT2D eigenvalue weighted by Crippen LogP contribution is 2.37. The Morgan fingerprint density at radius 3 is 1.68 bits per heavy atom. The highest BCUT2D eigenvalue weighted by atomic mass is 15.1. The van der Waals surface area contributed by atoms with Crippen LogP contribution in [0.2, 0.25) is 0 Å². The number of nitrogens with one attached hydrogen (secondary N) is 1. The summed E-state index contributed by atoms with van der Waals surface area (Å²) in [5.41, 5.74) is 10.3. The minimum absolute atomic E-state index is 0.502. The number of aromatic amines is 1. The zero-order valence-electron chi connectivity index (χ0n) is 26.7. The first-order chi connectivity index (χ1) is 24.8. The molecule has 0 aliphatic rings. The van der Waals surface area contributed by atoms with Crippen LogP contribution < -0.4 is 0 Å². The highest BCUT2D eigenvalue weighted by molar-refractivity contribution is 6.11. The summed E-state index contributed by atoms with van der Waals surface area (Å²) in [6.07, 6.45) is 3.48. The van der Waals surface area contributed by atoms with E-state index >= 15 is 0 Å². The van der Waals surface area contributed by atoms with E-state index in [1.807, 2.05) is 36.4 Å². The van der Waals surface area contributed by atoms with Crippen LogP contribution in [0.25, 0.3) is 94.9 Å². The standard InChI is InChI=1S/C43H27N7/c1-3-11-35-31(9-1)33-25-28(17-21-36(33)46-35)29-18-22-40-34(26-29)32-10-2-4-14-39(32)50(40)30-19-15-27(16-20-30)41-47-42(37-12-5-7-23-44-37)49-43(48-41)38-13-6-8-24-45-38/h1-26,46H. The molecule has 0 saturated heterocycles. The van der Waals surface area contributed by atoms with Crippen molar-refractivity contribution in [3.63, 3.8) is 0 Å². The van der Waals surface area contributed by atoms with Crippen molar-refractivity contribution in [2.45, 2.75) is 0 Å². The smallest absolute Gasteiger partial charge is 0.182 e. The molecule has 0 fully saturated rings. The first kappa shape index (κ1) is 28.1. The van der Waals surface area contributed by atoms with E-state index in [1.54, 1.807) is 12.4 Å². The number of hydrogen-bond donors (Lipinski definition) is 1. The molecular weight excluding hydrogens is 615 g/mol. The van der Waals surface area contributed by atoms with Crippen LogP contribution in [0.4, 0.5) is 0 Å². The van der Waals surface area contributed by atoms with Crippen LogP contribution in [0.3, 0.4) is 0 Å². The number of nitrogens with zero attached hydrogens (tertiary/aromatic N) is 6. The summed E-state index contributed by atoms with van der Waals surface area (Å²) < 4.78 is 2.33. The normalized spacial score (nSPS) is 11.6. The van der Waals surface area contributed by atoms with Gasteiger partial charge in [-0.25, -0.2) is 15.0 Å². The van der Waals surface area contributed by atoms with Crippen molar-refractivity contribution in [2.75, 3.05) is 0 Å². The average molecular weight is 642 g/mol. The molecule has 0 aliphatic carbocycles. The van der Waals surface area contributed by atoms with Gasteiger partial charge >= 0.3 is 0 Å². The van der Waals surface area contributed by atoms with Crippen molar-refractivity contribution in [1.29, 1.82) is 0 Å². The van der Waals surface area contributed by atoms with Crippen LogP contribution in [0, 0.1) is 0 Å². The Morgan fingerprint density at radius 1 is 0.400 bits per heavy atom. The van der Waals surface area contributed by atoms with Crippen molar-refractivity contribution < 1.29 is 0 Å². The fraction of sp³-hybridized carbons (Fsp3) is 0. The molecule has 0 amide bonds. The molecule has 0 aliphatic heterocycles. The largest absolute Gasteiger partial charge is 0.355 e. The predicted molar refractivity (Wildman–Crippen MR) is 201 cm³/mol. The molecule has 0 saturated carbocycles. The molecule has 0 bridgehead atoms. The van der Waals surface area contributed by atoms with Gasteiger partial charge in [-0.05, 0) is 96.1 Å². The van der Waals surface area contributed by atoms with Gasteiger partial charge in [0.2, 0.25) is 0 Å². The van der Waals surface area contributed by atoms with Gasteiger partial charge in [0, 0.05) is 56.2 Å². The lowest BCUT2D eigenvalue weighted by Gasteiger charge is -2.10. The maximum atomic E-state index is 4.84. The second-order valence-corrected chi connectivity index (χ2v) is 12.3. The molecule has 5 aromatic carbocycles. The second kappa shape index (κ2) is 11.3. The van der Waals surface area contributed by atoms with E-state index in [0.29, 0.717) is 28.9 Å². The Labute approximate surface area is 286 Å². The first-order valence-corrected chi connectivity index (χ1v) is 16.5. The van der Waals surface area contributed by atoms with Gasteiger partial charge < -0.3 is 9.55 Å². The molecular formula is C43H27N7. The van der Waals surface area contributed by atoms with E-state index in [9.17, 15) is 0 Å². The quantitative estimate of drug-likeness (QED) is 0.202. The SMILES string of the molecule is c1ccc(-c2nc(-c3ccc(-n4c5ccccc5c5cc(-c6ccc7[nH]c8ccccc8c7c6)ccc54)cc3)nc(-c3ccccn3)n2)nc1. The summed E-state index contributed by atoms with van der Waals surface area (Å²) in [4.78, 5) is 26.9. The van der Waals surface area contributed by atoms with Crippen LogP contribution in [0.15, 0.2) is 158 Å². The van der Waals surface area contributed by atoms with Gasteiger partial charge in [0.15, 0.2) is 17.5 Å². The zero-order valence-corrected chi connectivity index (χ0v) is 26.7. The Bertz CT molecular complexity index is 2800. The summed E-state index contributed by atoms with van der Waals surface area (Å²) in [5, 5.41) is 4.89. The van der Waals surface area contributed by atoms with Gasteiger partial charge in [-0.3, -0.25) is 9.97 Å². The maximum absolute atomic E-state index is 4.84. The summed E-state index contributed by atoms with van der Waals surface area (Å²) in [6, 6.07) is 50.4. The molecule has 0 spiro atoms. The first-order valence-electron chi connectivity index (χ1n) is 16.5. The molecule has 50 heavy (non-hydrogen) atoms. The topological polar surface area (TPSA) is 85.2 Å². The number of H-pyrrole nitrogens is 1. The molecule has 0 atom stereocenters. The minimum atomic E-state index is 0.502. The third-order valence-electron chi connectivity index (χ3n) is 9.32. The zero-order chi connectivity index (χ0) is 33.0. The van der Waals surface area contributed by atoms with Crippen molar-refractivity contribution >= 4 is 43.6 Å². The molecule has 1 N–H and O–H groups in total. The Kier molecular flexibility index (Phi) is 6.35. The van der Waals surface area contributed by atoms with Gasteiger partial charge in [0.05, 0.1) is 11.0 Å². The molecule has 0 unspecified atom stereocenters. The van der Waals surface area contributed by atoms with Crippen molar-refractivity contribution in [2.24, 2.45) is 0 Å². The highest BCUT2D eigenvalue weighted by Gasteiger charge is 2.16. The van der Waals surface area contributed by atoms with E-state index in [-0.39, 0.29) is 0 Å². The lowest BCUT2D eigenvalue weighted by Crippen LogP contribution is -2.02. The Morgan fingerprint density at radius 2 is 0.960 bits per heavy atom. The lowest BCUT2D eigenvalue weighted by atomic mass is 10.0. The number of para-hydroxylation sites is 2. The molecule has 234 valence electrons. The Balaban J connectivity index is 1.07. The van der Waals surface area contributed by atoms with Crippen LogP contribution in [0.1, 0.15) is 0 Å². The fourth-order valence-corrected chi connectivity index (χ4v) is 6.94. The van der Waals surface area contributed by atoms with Crippen LogP contribution in [-0.4, -0.2) is 34.5 Å². The molecule has 5 aromatic heterocycles. The van der Waals surface area contributed by atoms with Crippen LogP contribution >= 0.6 is 0 Å². The molecule has 10 aromatic rings. The van der Waals surface area contributed by atoms with Crippen molar-refractivity contribution in [3.8, 4) is 51.2 Å². The second-order valence-electron chi connectivity index (χ2n) is 12.3. The van der Waals surface area contributed by atoms with Crippen molar-refractivity contribution in [3.05, 3.63) is 158 Å². The average Bonchev–Trinajstić information content (AvgIpc) is 3.73. The minimum Gasteiger partial charge on any atom is -0.355 e. The summed E-state index contributed by atoms with van der Waals surface area (Å²) in [6.45, 7) is 0. The third-order valence-corrected chi connectivity index (χ3v) is 9.32. The van der Waals surface area contributed by atoms with Gasteiger partial charge in [0.1, 0.15) is 11.4 Å². The fourth-order valence-electron chi connectivity index (χ4n) is 6.94. The molecule has 10 rings (SSSR count). The number of hydrogen-bond acceptors (Lipinski definition) is 5. The number of pyridine rings is 2.